The van der Waals surface area contributed by atoms with Crippen molar-refractivity contribution < 1.29 is 4.79 Å². The first kappa shape index (κ1) is 14.3. The molecule has 5 heteroatoms. The first-order valence-corrected chi connectivity index (χ1v) is 6.74. The molecule has 1 amide bonds. The summed E-state index contributed by atoms with van der Waals surface area (Å²) in [6.07, 6.45) is 1.79. The Morgan fingerprint density at radius 3 is 2.80 bits per heavy atom. The Morgan fingerprint density at radius 1 is 1.35 bits per heavy atom. The lowest BCUT2D eigenvalue weighted by atomic mass is 10.1. The molecule has 0 fully saturated rings. The van der Waals surface area contributed by atoms with Crippen LogP contribution in [0.1, 0.15) is 28.5 Å². The number of carbonyl (C=O) groups is 1. The van der Waals surface area contributed by atoms with Gasteiger partial charge in [0, 0.05) is 19.8 Å². The molecule has 1 aromatic heterocycles. The highest BCUT2D eigenvalue weighted by Crippen LogP contribution is 2.14. The number of aryl methyl sites for hydroxylation is 1. The van der Waals surface area contributed by atoms with Crippen molar-refractivity contribution in [3.05, 3.63) is 47.3 Å². The molecule has 0 aliphatic heterocycles. The van der Waals surface area contributed by atoms with E-state index in [1.807, 2.05) is 6.07 Å². The highest BCUT2D eigenvalue weighted by Gasteiger charge is 2.08. The van der Waals surface area contributed by atoms with Gasteiger partial charge >= 0.3 is 0 Å². The molecule has 0 unspecified atom stereocenters. The van der Waals surface area contributed by atoms with Crippen LogP contribution >= 0.6 is 0 Å². The van der Waals surface area contributed by atoms with Crippen LogP contribution in [-0.4, -0.2) is 29.3 Å². The van der Waals surface area contributed by atoms with Crippen molar-refractivity contribution in [2.24, 2.45) is 0 Å². The fourth-order valence-electron chi connectivity index (χ4n) is 2.00. The molecule has 20 heavy (non-hydrogen) atoms. The van der Waals surface area contributed by atoms with Gasteiger partial charge in [-0.3, -0.25) is 4.79 Å². The van der Waals surface area contributed by atoms with Gasteiger partial charge in [0.25, 0.3) is 5.91 Å². The summed E-state index contributed by atoms with van der Waals surface area (Å²) in [5, 5.41) is 10.2. The van der Waals surface area contributed by atoms with Gasteiger partial charge in [-0.1, -0.05) is 13.0 Å². The van der Waals surface area contributed by atoms with Crippen LogP contribution in [-0.2, 0) is 6.54 Å². The van der Waals surface area contributed by atoms with Crippen molar-refractivity contribution in [2.75, 3.05) is 13.6 Å². The summed E-state index contributed by atoms with van der Waals surface area (Å²) in [5.41, 5.74) is 3.86. The monoisotopic (exact) mass is 272 g/mol. The summed E-state index contributed by atoms with van der Waals surface area (Å²) in [6.45, 7) is 5.99. The van der Waals surface area contributed by atoms with E-state index >= 15 is 0 Å². The Hall–Kier alpha value is -2.14. The summed E-state index contributed by atoms with van der Waals surface area (Å²) < 4.78 is 1.72. The molecule has 0 aliphatic carbocycles. The minimum absolute atomic E-state index is 0.177. The first-order valence-electron chi connectivity index (χ1n) is 6.74. The molecule has 0 bridgehead atoms. The third-order valence-corrected chi connectivity index (χ3v) is 3.20. The summed E-state index contributed by atoms with van der Waals surface area (Å²) >= 11 is 0. The number of rotatable bonds is 5. The molecular weight excluding hydrogens is 252 g/mol. The van der Waals surface area contributed by atoms with Gasteiger partial charge in [-0.15, -0.1) is 0 Å². The van der Waals surface area contributed by atoms with Crippen LogP contribution < -0.4 is 10.6 Å². The van der Waals surface area contributed by atoms with E-state index in [0.717, 1.165) is 18.8 Å². The number of amides is 1. The zero-order valence-corrected chi connectivity index (χ0v) is 12.1. The number of nitrogens with one attached hydrogen (secondary N) is 2. The van der Waals surface area contributed by atoms with Crippen LogP contribution in [0.15, 0.2) is 30.5 Å². The van der Waals surface area contributed by atoms with Crippen molar-refractivity contribution in [1.29, 1.82) is 0 Å². The number of hydrogen-bond donors (Lipinski definition) is 2. The summed E-state index contributed by atoms with van der Waals surface area (Å²) in [7, 11) is 1.60. The number of nitrogens with zero attached hydrogens (tertiary/aromatic N) is 2. The Balaban J connectivity index is 2.23. The molecule has 106 valence electrons. The lowest BCUT2D eigenvalue weighted by molar-refractivity contribution is 0.0957. The minimum atomic E-state index is -0.177. The van der Waals surface area contributed by atoms with Crippen molar-refractivity contribution in [3.63, 3.8) is 0 Å². The predicted octanol–water partition coefficient (Wildman–Crippen LogP) is 1.65. The lowest BCUT2D eigenvalue weighted by Crippen LogP contribution is -2.18. The van der Waals surface area contributed by atoms with Crippen LogP contribution in [0.25, 0.3) is 5.69 Å². The molecule has 2 N–H and O–H groups in total. The van der Waals surface area contributed by atoms with E-state index in [9.17, 15) is 4.79 Å². The molecule has 1 heterocycles. The van der Waals surface area contributed by atoms with E-state index in [1.54, 1.807) is 24.0 Å². The first-order chi connectivity index (χ1) is 9.65. The second-order valence-electron chi connectivity index (χ2n) is 4.62. The van der Waals surface area contributed by atoms with Crippen LogP contribution in [0.4, 0.5) is 0 Å². The van der Waals surface area contributed by atoms with Gasteiger partial charge < -0.3 is 10.6 Å². The lowest BCUT2D eigenvalue weighted by Gasteiger charge is -2.09. The average molecular weight is 272 g/mol. The quantitative estimate of drug-likeness (QED) is 0.870. The molecular formula is C15H20N4O. The number of hydrogen-bond acceptors (Lipinski definition) is 3. The molecule has 2 aromatic rings. The Morgan fingerprint density at radius 2 is 2.15 bits per heavy atom. The van der Waals surface area contributed by atoms with Crippen LogP contribution in [0.5, 0.6) is 0 Å². The molecule has 0 aliphatic rings. The van der Waals surface area contributed by atoms with E-state index in [4.69, 9.17) is 0 Å². The van der Waals surface area contributed by atoms with Gasteiger partial charge in [0.1, 0.15) is 0 Å². The van der Waals surface area contributed by atoms with Gasteiger partial charge in [0.2, 0.25) is 0 Å². The van der Waals surface area contributed by atoms with Gasteiger partial charge in [0.05, 0.1) is 5.69 Å². The number of carbonyl (C=O) groups excluding carboxylic acids is 1. The molecule has 1 aromatic carbocycles. The second kappa shape index (κ2) is 6.34. The molecule has 5 nitrogen and oxygen atoms in total. The molecule has 0 spiro atoms. The summed E-state index contributed by atoms with van der Waals surface area (Å²) in [4.78, 5) is 11.5. The zero-order chi connectivity index (χ0) is 14.5. The largest absolute Gasteiger partial charge is 0.354 e. The third-order valence-electron chi connectivity index (χ3n) is 3.20. The van der Waals surface area contributed by atoms with Gasteiger partial charge in [-0.25, -0.2) is 4.68 Å². The Labute approximate surface area is 119 Å². The summed E-state index contributed by atoms with van der Waals surface area (Å²) in [5.74, 6) is -0.177. The second-order valence-corrected chi connectivity index (χ2v) is 4.62. The van der Waals surface area contributed by atoms with Gasteiger partial charge in [-0.05, 0) is 42.8 Å². The Kier molecular flexibility index (Phi) is 4.53. The van der Waals surface area contributed by atoms with E-state index < -0.39 is 0 Å². The van der Waals surface area contributed by atoms with E-state index in [-0.39, 0.29) is 5.91 Å². The Bertz CT molecular complexity index is 604. The maximum absolute atomic E-state index is 11.5. The smallest absolute Gasteiger partial charge is 0.271 e. The third kappa shape index (κ3) is 3.05. The molecule has 0 radical (unpaired) electrons. The van der Waals surface area contributed by atoms with Crippen LogP contribution in [0.3, 0.4) is 0 Å². The minimum Gasteiger partial charge on any atom is -0.354 e. The molecule has 2 rings (SSSR count). The topological polar surface area (TPSA) is 59.0 Å². The van der Waals surface area contributed by atoms with Crippen molar-refractivity contribution in [3.8, 4) is 5.69 Å². The molecule has 0 atom stereocenters. The number of aromatic nitrogens is 2. The average Bonchev–Trinajstić information content (AvgIpc) is 2.95. The number of benzene rings is 1. The van der Waals surface area contributed by atoms with E-state index in [1.165, 1.54) is 11.1 Å². The zero-order valence-electron chi connectivity index (χ0n) is 12.1. The SMILES string of the molecule is CCNCc1ccc(-n2ccc(C(=O)NC)n2)cc1C. The van der Waals surface area contributed by atoms with Gasteiger partial charge in [-0.2, -0.15) is 5.10 Å². The fraction of sp³-hybridized carbons (Fsp3) is 0.333. The maximum Gasteiger partial charge on any atom is 0.271 e. The molecule has 0 saturated carbocycles. The predicted molar refractivity (Wildman–Crippen MR) is 79.1 cm³/mol. The highest BCUT2D eigenvalue weighted by atomic mass is 16.1. The van der Waals surface area contributed by atoms with Crippen molar-refractivity contribution in [2.45, 2.75) is 20.4 Å². The maximum atomic E-state index is 11.5. The van der Waals surface area contributed by atoms with E-state index in [2.05, 4.69) is 41.7 Å². The van der Waals surface area contributed by atoms with Crippen molar-refractivity contribution >= 4 is 5.91 Å². The van der Waals surface area contributed by atoms with Crippen LogP contribution in [0.2, 0.25) is 0 Å². The fourth-order valence-corrected chi connectivity index (χ4v) is 2.00. The van der Waals surface area contributed by atoms with E-state index in [0.29, 0.717) is 5.69 Å². The van der Waals surface area contributed by atoms with Crippen molar-refractivity contribution in [1.82, 2.24) is 20.4 Å². The summed E-state index contributed by atoms with van der Waals surface area (Å²) in [6, 6.07) is 7.89. The van der Waals surface area contributed by atoms with Gasteiger partial charge in [0.15, 0.2) is 5.69 Å². The highest BCUT2D eigenvalue weighted by molar-refractivity contribution is 5.91. The van der Waals surface area contributed by atoms with Crippen LogP contribution in [0, 0.1) is 6.92 Å². The standard InChI is InChI=1S/C15H20N4O/c1-4-17-10-12-5-6-13(9-11(12)2)19-8-7-14(18-19)15(20)16-3/h5-9,17H,4,10H2,1-3H3,(H,16,20). The molecule has 0 saturated heterocycles. The normalized spacial score (nSPS) is 10.6.